The fraction of sp³-hybridized carbons (Fsp3) is 0.857. The number of carbonyl (C=O) groups excluding carboxylic acids is 1. The highest BCUT2D eigenvalue weighted by atomic mass is 16.2. The van der Waals surface area contributed by atoms with Crippen LogP contribution >= 0.6 is 0 Å². The number of hydrogen-bond acceptors (Lipinski definition) is 1. The minimum atomic E-state index is 0.395. The lowest BCUT2D eigenvalue weighted by molar-refractivity contribution is -0.130. The SMILES string of the molecule is CC(C)CCC=CCCCCCCCCCC(=O)N1CCCC1. The Morgan fingerprint density at radius 3 is 2.09 bits per heavy atom. The van der Waals surface area contributed by atoms with Crippen LogP contribution in [0.25, 0.3) is 0 Å². The van der Waals surface area contributed by atoms with Crippen molar-refractivity contribution in [1.82, 2.24) is 4.90 Å². The Morgan fingerprint density at radius 2 is 1.43 bits per heavy atom. The van der Waals surface area contributed by atoms with Crippen molar-refractivity contribution in [3.8, 4) is 0 Å². The summed E-state index contributed by atoms with van der Waals surface area (Å²) >= 11 is 0. The zero-order valence-electron chi connectivity index (χ0n) is 15.7. The smallest absolute Gasteiger partial charge is 0.222 e. The predicted octanol–water partition coefficient (Wildman–Crippen LogP) is 6.11. The molecule has 1 rings (SSSR count). The molecule has 2 nitrogen and oxygen atoms in total. The number of nitrogens with zero attached hydrogens (tertiary/aromatic N) is 1. The van der Waals surface area contributed by atoms with Crippen molar-refractivity contribution in [3.63, 3.8) is 0 Å². The van der Waals surface area contributed by atoms with Crippen molar-refractivity contribution in [2.45, 2.75) is 97.3 Å². The van der Waals surface area contributed by atoms with Gasteiger partial charge in [-0.2, -0.15) is 0 Å². The number of carbonyl (C=O) groups is 1. The largest absolute Gasteiger partial charge is 0.343 e. The second kappa shape index (κ2) is 13.6. The predicted molar refractivity (Wildman–Crippen MR) is 101 cm³/mol. The van der Waals surface area contributed by atoms with Crippen LogP contribution in [0.15, 0.2) is 12.2 Å². The average Bonchev–Trinajstić information content (AvgIpc) is 3.05. The Morgan fingerprint density at radius 1 is 0.870 bits per heavy atom. The van der Waals surface area contributed by atoms with Gasteiger partial charge < -0.3 is 4.90 Å². The molecule has 0 aromatic heterocycles. The minimum absolute atomic E-state index is 0.395. The monoisotopic (exact) mass is 321 g/mol. The summed E-state index contributed by atoms with van der Waals surface area (Å²) in [6.45, 7) is 6.59. The molecule has 1 fully saturated rings. The van der Waals surface area contributed by atoms with Crippen LogP contribution in [0.3, 0.4) is 0 Å². The molecule has 0 spiro atoms. The van der Waals surface area contributed by atoms with Crippen LogP contribution in [0.2, 0.25) is 0 Å². The summed E-state index contributed by atoms with van der Waals surface area (Å²) in [4.78, 5) is 13.9. The minimum Gasteiger partial charge on any atom is -0.343 e. The molecule has 0 aromatic rings. The number of hydrogen-bond donors (Lipinski definition) is 0. The molecule has 0 bridgehead atoms. The molecule has 134 valence electrons. The highest BCUT2D eigenvalue weighted by Crippen LogP contribution is 2.13. The van der Waals surface area contributed by atoms with E-state index in [1.54, 1.807) is 0 Å². The Kier molecular flexibility index (Phi) is 12.0. The molecule has 0 unspecified atom stereocenters. The van der Waals surface area contributed by atoms with Gasteiger partial charge in [-0.25, -0.2) is 0 Å². The molecular formula is C21H39NO. The third kappa shape index (κ3) is 11.4. The van der Waals surface area contributed by atoms with Gasteiger partial charge in [-0.05, 0) is 50.9 Å². The third-order valence-corrected chi connectivity index (χ3v) is 4.80. The lowest BCUT2D eigenvalue weighted by atomic mass is 10.1. The lowest BCUT2D eigenvalue weighted by Crippen LogP contribution is -2.27. The van der Waals surface area contributed by atoms with Crippen LogP contribution in [-0.2, 0) is 4.79 Å². The van der Waals surface area contributed by atoms with E-state index in [0.29, 0.717) is 5.91 Å². The molecular weight excluding hydrogens is 282 g/mol. The molecule has 23 heavy (non-hydrogen) atoms. The van der Waals surface area contributed by atoms with E-state index < -0.39 is 0 Å². The van der Waals surface area contributed by atoms with E-state index in [0.717, 1.165) is 31.8 Å². The molecule has 1 aliphatic heterocycles. The Labute approximate surface area is 144 Å². The van der Waals surface area contributed by atoms with Crippen LogP contribution in [0, 0.1) is 5.92 Å². The van der Waals surface area contributed by atoms with Crippen molar-refractivity contribution in [2.75, 3.05) is 13.1 Å². The normalized spacial score (nSPS) is 15.2. The summed E-state index contributed by atoms with van der Waals surface area (Å²) in [6, 6.07) is 0. The molecule has 0 aromatic carbocycles. The van der Waals surface area contributed by atoms with Gasteiger partial charge in [0, 0.05) is 19.5 Å². The summed E-state index contributed by atoms with van der Waals surface area (Å²) in [6.07, 6.45) is 20.8. The fourth-order valence-corrected chi connectivity index (χ4v) is 3.21. The van der Waals surface area contributed by atoms with Crippen molar-refractivity contribution >= 4 is 5.91 Å². The van der Waals surface area contributed by atoms with Crippen molar-refractivity contribution in [3.05, 3.63) is 12.2 Å². The molecule has 1 saturated heterocycles. The molecule has 0 saturated carbocycles. The summed E-state index contributed by atoms with van der Waals surface area (Å²) in [5.74, 6) is 1.22. The first kappa shape index (κ1) is 20.3. The van der Waals surface area contributed by atoms with Gasteiger partial charge >= 0.3 is 0 Å². The van der Waals surface area contributed by atoms with Gasteiger partial charge in [0.25, 0.3) is 0 Å². The number of likely N-dealkylation sites (tertiary alicyclic amines) is 1. The molecule has 0 N–H and O–H groups in total. The van der Waals surface area contributed by atoms with E-state index in [1.807, 2.05) is 0 Å². The van der Waals surface area contributed by atoms with Crippen LogP contribution in [0.4, 0.5) is 0 Å². The molecule has 0 aliphatic carbocycles. The Balaban J connectivity index is 1.78. The van der Waals surface area contributed by atoms with Gasteiger partial charge in [0.05, 0.1) is 0 Å². The van der Waals surface area contributed by atoms with Crippen LogP contribution in [0.5, 0.6) is 0 Å². The summed E-state index contributed by atoms with van der Waals surface area (Å²) in [5.41, 5.74) is 0. The third-order valence-electron chi connectivity index (χ3n) is 4.80. The van der Waals surface area contributed by atoms with Crippen molar-refractivity contribution in [2.24, 2.45) is 5.92 Å². The van der Waals surface area contributed by atoms with Crippen LogP contribution in [0.1, 0.15) is 97.3 Å². The zero-order chi connectivity index (χ0) is 16.8. The van der Waals surface area contributed by atoms with Crippen molar-refractivity contribution in [1.29, 1.82) is 0 Å². The zero-order valence-corrected chi connectivity index (χ0v) is 15.7. The first-order valence-electron chi connectivity index (χ1n) is 10.1. The van der Waals surface area contributed by atoms with Crippen molar-refractivity contribution < 1.29 is 4.79 Å². The molecule has 2 heteroatoms. The highest BCUT2D eigenvalue weighted by Gasteiger charge is 2.16. The second-order valence-electron chi connectivity index (χ2n) is 7.54. The Hall–Kier alpha value is -0.790. The number of amides is 1. The summed E-state index contributed by atoms with van der Waals surface area (Å²) < 4.78 is 0. The topological polar surface area (TPSA) is 20.3 Å². The quantitative estimate of drug-likeness (QED) is 0.296. The van der Waals surface area contributed by atoms with E-state index >= 15 is 0 Å². The molecule has 1 aliphatic rings. The first-order valence-corrected chi connectivity index (χ1v) is 10.1. The highest BCUT2D eigenvalue weighted by molar-refractivity contribution is 5.76. The fourth-order valence-electron chi connectivity index (χ4n) is 3.21. The maximum Gasteiger partial charge on any atom is 0.222 e. The standard InChI is InChI=1S/C21H39NO/c1-20(2)16-12-10-8-6-4-3-5-7-9-11-13-17-21(23)22-18-14-15-19-22/h8,10,20H,3-7,9,11-19H2,1-2H3. The molecule has 1 heterocycles. The molecule has 0 atom stereocenters. The van der Waals surface area contributed by atoms with Gasteiger partial charge in [0.1, 0.15) is 0 Å². The van der Waals surface area contributed by atoms with E-state index in [1.165, 1.54) is 70.6 Å². The van der Waals surface area contributed by atoms with Gasteiger partial charge in [0.15, 0.2) is 0 Å². The summed E-state index contributed by atoms with van der Waals surface area (Å²) in [7, 11) is 0. The van der Waals surface area contributed by atoms with E-state index in [-0.39, 0.29) is 0 Å². The maximum absolute atomic E-state index is 11.9. The van der Waals surface area contributed by atoms with Gasteiger partial charge in [-0.3, -0.25) is 4.79 Å². The maximum atomic E-state index is 11.9. The average molecular weight is 322 g/mol. The number of rotatable bonds is 13. The van der Waals surface area contributed by atoms with E-state index in [2.05, 4.69) is 30.9 Å². The Bertz CT molecular complexity index is 316. The molecule has 1 amide bonds. The lowest BCUT2D eigenvalue weighted by Gasteiger charge is -2.14. The number of unbranched alkanes of at least 4 members (excludes halogenated alkanes) is 7. The van der Waals surface area contributed by atoms with Crippen LogP contribution in [-0.4, -0.2) is 23.9 Å². The first-order chi connectivity index (χ1) is 11.2. The van der Waals surface area contributed by atoms with Crippen LogP contribution < -0.4 is 0 Å². The number of allylic oxidation sites excluding steroid dienone is 2. The van der Waals surface area contributed by atoms with Gasteiger partial charge in [-0.15, -0.1) is 0 Å². The van der Waals surface area contributed by atoms with E-state index in [4.69, 9.17) is 0 Å². The molecule has 0 radical (unpaired) electrons. The van der Waals surface area contributed by atoms with Gasteiger partial charge in [0.2, 0.25) is 5.91 Å². The van der Waals surface area contributed by atoms with Gasteiger partial charge in [-0.1, -0.05) is 58.1 Å². The second-order valence-corrected chi connectivity index (χ2v) is 7.54. The summed E-state index contributed by atoms with van der Waals surface area (Å²) in [5, 5.41) is 0. The van der Waals surface area contributed by atoms with E-state index in [9.17, 15) is 4.79 Å².